The predicted octanol–water partition coefficient (Wildman–Crippen LogP) is 2.04. The zero-order chi connectivity index (χ0) is 11.2. The van der Waals surface area contributed by atoms with Crippen molar-refractivity contribution in [2.24, 2.45) is 23.6 Å². The van der Waals surface area contributed by atoms with Crippen LogP contribution in [0.15, 0.2) is 0 Å². The molecule has 0 radical (unpaired) electrons. The van der Waals surface area contributed by atoms with Crippen LogP contribution in [0.3, 0.4) is 0 Å². The highest BCUT2D eigenvalue weighted by atomic mass is 15.4. The molecule has 3 nitrogen and oxygen atoms in total. The van der Waals surface area contributed by atoms with Gasteiger partial charge in [-0.3, -0.25) is 5.84 Å². The summed E-state index contributed by atoms with van der Waals surface area (Å²) >= 11 is 0. The molecule has 88 valence electrons. The average molecular weight is 219 g/mol. The number of nitrogens with two attached hydrogens (primary N) is 1. The Bertz CT molecular complexity index is 282. The highest BCUT2D eigenvalue weighted by Crippen LogP contribution is 2.57. The molecule has 0 aromatic rings. The minimum atomic E-state index is 0.269. The topological polar surface area (TPSA) is 53.0 Å². The van der Waals surface area contributed by atoms with Gasteiger partial charge in [0.05, 0.1) is 6.07 Å². The molecule has 3 heteroatoms. The molecule has 0 aromatic carbocycles. The minimum Gasteiger partial charge on any atom is -0.268 e. The molecule has 0 amide bonds. The smallest absolute Gasteiger partial charge is 0.0635 e. The Kier molecular flexibility index (Phi) is 2.45. The molecule has 16 heavy (non-hydrogen) atoms. The van der Waals surface area contributed by atoms with Crippen molar-refractivity contribution in [3.05, 3.63) is 0 Å². The van der Waals surface area contributed by atoms with Crippen LogP contribution in [0, 0.1) is 29.1 Å². The fourth-order valence-electron chi connectivity index (χ4n) is 4.82. The molecule has 2 N–H and O–H groups in total. The first-order valence-electron chi connectivity index (χ1n) is 6.61. The SMILES string of the molecule is N#CCCN(N)C12CC3CC(CC(C3)C1)C2. The molecule has 4 fully saturated rings. The van der Waals surface area contributed by atoms with Gasteiger partial charge in [-0.25, -0.2) is 5.01 Å². The van der Waals surface area contributed by atoms with Gasteiger partial charge in [-0.1, -0.05) is 0 Å². The number of rotatable bonds is 3. The van der Waals surface area contributed by atoms with E-state index in [4.69, 9.17) is 11.1 Å². The molecule has 0 aromatic heterocycles. The summed E-state index contributed by atoms with van der Waals surface area (Å²) in [5, 5.41) is 10.7. The first kappa shape index (κ1) is 10.6. The molecule has 4 saturated carbocycles. The Hall–Kier alpha value is -0.590. The van der Waals surface area contributed by atoms with E-state index < -0.39 is 0 Å². The fourth-order valence-corrected chi connectivity index (χ4v) is 4.82. The summed E-state index contributed by atoms with van der Waals surface area (Å²) in [4.78, 5) is 0. The number of nitriles is 1. The van der Waals surface area contributed by atoms with Crippen molar-refractivity contribution in [2.45, 2.75) is 50.5 Å². The van der Waals surface area contributed by atoms with E-state index in [2.05, 4.69) is 6.07 Å². The molecule has 0 spiro atoms. The normalized spacial score (nSPS) is 44.9. The van der Waals surface area contributed by atoms with Gasteiger partial charge in [0.1, 0.15) is 0 Å². The average Bonchev–Trinajstić information content (AvgIpc) is 2.24. The van der Waals surface area contributed by atoms with Crippen molar-refractivity contribution in [3.8, 4) is 6.07 Å². The lowest BCUT2D eigenvalue weighted by Crippen LogP contribution is -2.62. The van der Waals surface area contributed by atoms with Crippen molar-refractivity contribution in [3.63, 3.8) is 0 Å². The maximum absolute atomic E-state index is 8.66. The van der Waals surface area contributed by atoms with E-state index in [1.807, 2.05) is 5.01 Å². The van der Waals surface area contributed by atoms with Crippen LogP contribution in [-0.4, -0.2) is 17.1 Å². The molecule has 0 unspecified atom stereocenters. The van der Waals surface area contributed by atoms with Crippen LogP contribution in [0.25, 0.3) is 0 Å². The van der Waals surface area contributed by atoms with E-state index in [1.165, 1.54) is 38.5 Å². The zero-order valence-corrected chi connectivity index (χ0v) is 9.86. The number of hydrogen-bond acceptors (Lipinski definition) is 3. The summed E-state index contributed by atoms with van der Waals surface area (Å²) in [6, 6.07) is 2.21. The number of hydrazine groups is 1. The van der Waals surface area contributed by atoms with Gasteiger partial charge < -0.3 is 0 Å². The van der Waals surface area contributed by atoms with Gasteiger partial charge >= 0.3 is 0 Å². The lowest BCUT2D eigenvalue weighted by molar-refractivity contribution is -0.0891. The van der Waals surface area contributed by atoms with Crippen LogP contribution in [0.4, 0.5) is 0 Å². The van der Waals surface area contributed by atoms with Crippen molar-refractivity contribution in [2.75, 3.05) is 6.54 Å². The highest BCUT2D eigenvalue weighted by Gasteiger charge is 2.52. The molecule has 4 aliphatic rings. The van der Waals surface area contributed by atoms with Crippen molar-refractivity contribution in [1.82, 2.24) is 5.01 Å². The number of hydrogen-bond donors (Lipinski definition) is 1. The monoisotopic (exact) mass is 219 g/mol. The summed E-state index contributed by atoms with van der Waals surface area (Å²) in [7, 11) is 0. The van der Waals surface area contributed by atoms with Gasteiger partial charge in [-0.05, 0) is 56.3 Å². The summed E-state index contributed by atoms with van der Waals surface area (Å²) in [5.41, 5.74) is 0.269. The minimum absolute atomic E-state index is 0.269. The van der Waals surface area contributed by atoms with Crippen LogP contribution >= 0.6 is 0 Å². The third kappa shape index (κ3) is 1.56. The maximum atomic E-state index is 8.66. The quantitative estimate of drug-likeness (QED) is 0.584. The second-order valence-corrected chi connectivity index (χ2v) is 6.24. The van der Waals surface area contributed by atoms with Gasteiger partial charge in [0, 0.05) is 18.5 Å². The van der Waals surface area contributed by atoms with Crippen LogP contribution in [0.1, 0.15) is 44.9 Å². The highest BCUT2D eigenvalue weighted by molar-refractivity contribution is 5.06. The fraction of sp³-hybridized carbons (Fsp3) is 0.923. The summed E-state index contributed by atoms with van der Waals surface area (Å²) in [6.45, 7) is 0.753. The van der Waals surface area contributed by atoms with Crippen molar-refractivity contribution in [1.29, 1.82) is 5.26 Å². The van der Waals surface area contributed by atoms with E-state index in [-0.39, 0.29) is 5.54 Å². The first-order valence-corrected chi connectivity index (χ1v) is 6.61. The van der Waals surface area contributed by atoms with Crippen LogP contribution in [-0.2, 0) is 0 Å². The predicted molar refractivity (Wildman–Crippen MR) is 62.0 cm³/mol. The van der Waals surface area contributed by atoms with E-state index in [0.29, 0.717) is 6.42 Å². The van der Waals surface area contributed by atoms with Gasteiger partial charge in [0.2, 0.25) is 0 Å². The third-order valence-corrected chi connectivity index (χ3v) is 5.08. The second-order valence-electron chi connectivity index (χ2n) is 6.24. The molecule has 0 heterocycles. The van der Waals surface area contributed by atoms with Gasteiger partial charge in [0.15, 0.2) is 0 Å². The molecule has 4 bridgehead atoms. The molecular weight excluding hydrogens is 198 g/mol. The van der Waals surface area contributed by atoms with Gasteiger partial charge in [0.25, 0.3) is 0 Å². The summed E-state index contributed by atoms with van der Waals surface area (Å²) < 4.78 is 0. The van der Waals surface area contributed by atoms with Crippen molar-refractivity contribution < 1.29 is 0 Å². The Labute approximate surface area is 97.6 Å². The maximum Gasteiger partial charge on any atom is 0.0635 e. The standard InChI is InChI=1S/C13H21N3/c14-2-1-3-16(15)13-7-10-4-11(8-13)6-12(5-10)9-13/h10-12H,1,3-9,15H2. The van der Waals surface area contributed by atoms with Crippen LogP contribution < -0.4 is 5.84 Å². The van der Waals surface area contributed by atoms with Crippen molar-refractivity contribution >= 4 is 0 Å². The Balaban J connectivity index is 1.75. The lowest BCUT2D eigenvalue weighted by Gasteiger charge is -2.59. The molecule has 0 saturated heterocycles. The number of nitrogens with zero attached hydrogens (tertiary/aromatic N) is 2. The van der Waals surface area contributed by atoms with E-state index >= 15 is 0 Å². The first-order chi connectivity index (χ1) is 7.72. The zero-order valence-electron chi connectivity index (χ0n) is 9.86. The second kappa shape index (κ2) is 3.72. The lowest BCUT2D eigenvalue weighted by atomic mass is 9.53. The van der Waals surface area contributed by atoms with Crippen LogP contribution in [0.5, 0.6) is 0 Å². The van der Waals surface area contributed by atoms with E-state index in [1.54, 1.807) is 0 Å². The van der Waals surface area contributed by atoms with Gasteiger partial charge in [-0.2, -0.15) is 5.26 Å². The van der Waals surface area contributed by atoms with E-state index in [0.717, 1.165) is 24.3 Å². The molecule has 0 atom stereocenters. The van der Waals surface area contributed by atoms with Gasteiger partial charge in [-0.15, -0.1) is 0 Å². The Morgan fingerprint density at radius 1 is 1.12 bits per heavy atom. The molecule has 0 aliphatic heterocycles. The molecular formula is C13H21N3. The Morgan fingerprint density at radius 3 is 2.06 bits per heavy atom. The van der Waals surface area contributed by atoms with E-state index in [9.17, 15) is 0 Å². The largest absolute Gasteiger partial charge is 0.268 e. The Morgan fingerprint density at radius 2 is 1.62 bits per heavy atom. The molecule has 4 aliphatic carbocycles. The third-order valence-electron chi connectivity index (χ3n) is 5.08. The molecule has 4 rings (SSSR count). The summed E-state index contributed by atoms with van der Waals surface area (Å²) in [6.07, 6.45) is 8.79. The summed E-state index contributed by atoms with van der Waals surface area (Å²) in [5.74, 6) is 9.03. The van der Waals surface area contributed by atoms with Crippen LogP contribution in [0.2, 0.25) is 0 Å².